The minimum absolute atomic E-state index is 0.537. The van der Waals surface area contributed by atoms with Gasteiger partial charge < -0.3 is 29.6 Å². The number of methoxy groups -OCH3 is 3. The lowest BCUT2D eigenvalue weighted by atomic mass is 10.2. The number of para-hydroxylation sites is 1. The normalized spacial score (nSPS) is 10.9. The van der Waals surface area contributed by atoms with Crippen molar-refractivity contribution in [2.24, 2.45) is 4.99 Å². The molecule has 0 fully saturated rings. The minimum Gasteiger partial charge on any atom is -0.493 e. The molecule has 0 aliphatic rings. The zero-order valence-electron chi connectivity index (χ0n) is 16.2. The van der Waals surface area contributed by atoms with Gasteiger partial charge in [0.2, 0.25) is 5.75 Å². The fraction of sp³-hybridized carbons (Fsp3) is 0.350. The monoisotopic (exact) mass is 373 g/mol. The third-order valence-electron chi connectivity index (χ3n) is 3.81. The summed E-state index contributed by atoms with van der Waals surface area (Å²) < 4.78 is 21.8. The van der Waals surface area contributed by atoms with Crippen molar-refractivity contribution in [3.63, 3.8) is 0 Å². The molecular weight excluding hydrogens is 346 g/mol. The van der Waals surface area contributed by atoms with Gasteiger partial charge in [-0.2, -0.15) is 0 Å². The molecule has 0 aromatic heterocycles. The molecule has 0 radical (unpaired) electrons. The Bertz CT molecular complexity index is 710. The first-order valence-electron chi connectivity index (χ1n) is 8.63. The van der Waals surface area contributed by atoms with Gasteiger partial charge in [-0.25, -0.2) is 0 Å². The second-order valence-corrected chi connectivity index (χ2v) is 5.55. The molecule has 2 N–H and O–H groups in total. The van der Waals surface area contributed by atoms with Crippen molar-refractivity contribution >= 4 is 5.96 Å². The zero-order valence-corrected chi connectivity index (χ0v) is 16.2. The minimum atomic E-state index is 0.537. The average molecular weight is 373 g/mol. The summed E-state index contributed by atoms with van der Waals surface area (Å²) in [6.07, 6.45) is 0. The molecule has 0 aliphatic carbocycles. The highest BCUT2D eigenvalue weighted by Crippen LogP contribution is 2.38. The number of hydrogen-bond donors (Lipinski definition) is 2. The molecule has 7 heteroatoms. The van der Waals surface area contributed by atoms with E-state index in [1.165, 1.54) is 0 Å². The number of nitrogens with one attached hydrogen (secondary N) is 2. The maximum atomic E-state index is 5.66. The van der Waals surface area contributed by atoms with E-state index in [4.69, 9.17) is 18.9 Å². The molecule has 0 saturated carbocycles. The van der Waals surface area contributed by atoms with E-state index in [1.807, 2.05) is 42.5 Å². The maximum absolute atomic E-state index is 5.66. The van der Waals surface area contributed by atoms with E-state index in [1.54, 1.807) is 28.4 Å². The predicted molar refractivity (Wildman–Crippen MR) is 106 cm³/mol. The number of guanidine groups is 1. The van der Waals surface area contributed by atoms with E-state index < -0.39 is 0 Å². The van der Waals surface area contributed by atoms with Crippen LogP contribution in [0.4, 0.5) is 0 Å². The summed E-state index contributed by atoms with van der Waals surface area (Å²) >= 11 is 0. The van der Waals surface area contributed by atoms with Crippen molar-refractivity contribution in [2.75, 3.05) is 41.5 Å². The molecule has 0 heterocycles. The van der Waals surface area contributed by atoms with Gasteiger partial charge in [-0.3, -0.25) is 4.99 Å². The van der Waals surface area contributed by atoms with Crippen molar-refractivity contribution in [1.82, 2.24) is 10.6 Å². The first-order chi connectivity index (χ1) is 13.2. The third-order valence-corrected chi connectivity index (χ3v) is 3.81. The van der Waals surface area contributed by atoms with Crippen molar-refractivity contribution in [3.05, 3.63) is 48.0 Å². The van der Waals surface area contributed by atoms with Gasteiger partial charge in [0.15, 0.2) is 17.5 Å². The lowest BCUT2D eigenvalue weighted by molar-refractivity contribution is 0.322. The molecule has 0 aliphatic heterocycles. The van der Waals surface area contributed by atoms with Crippen LogP contribution in [0.5, 0.6) is 23.0 Å². The summed E-state index contributed by atoms with van der Waals surface area (Å²) in [6, 6.07) is 13.5. The van der Waals surface area contributed by atoms with Crippen LogP contribution in [0.3, 0.4) is 0 Å². The molecule has 0 saturated heterocycles. The molecule has 2 aromatic rings. The Kier molecular flexibility index (Phi) is 8.09. The van der Waals surface area contributed by atoms with Crippen molar-refractivity contribution in [1.29, 1.82) is 0 Å². The Morgan fingerprint density at radius 2 is 1.59 bits per heavy atom. The van der Waals surface area contributed by atoms with Gasteiger partial charge in [-0.05, 0) is 29.8 Å². The highest BCUT2D eigenvalue weighted by Gasteiger charge is 2.13. The van der Waals surface area contributed by atoms with Gasteiger partial charge in [-0.1, -0.05) is 18.2 Å². The summed E-state index contributed by atoms with van der Waals surface area (Å²) in [4.78, 5) is 4.22. The van der Waals surface area contributed by atoms with Crippen molar-refractivity contribution < 1.29 is 18.9 Å². The second-order valence-electron chi connectivity index (χ2n) is 5.55. The number of nitrogens with zero attached hydrogens (tertiary/aromatic N) is 1. The van der Waals surface area contributed by atoms with Crippen LogP contribution in [0.1, 0.15) is 5.56 Å². The number of hydrogen-bond acceptors (Lipinski definition) is 5. The van der Waals surface area contributed by atoms with Crippen molar-refractivity contribution in [2.45, 2.75) is 6.54 Å². The largest absolute Gasteiger partial charge is 0.493 e. The summed E-state index contributed by atoms with van der Waals surface area (Å²) in [6.45, 7) is 1.72. The summed E-state index contributed by atoms with van der Waals surface area (Å²) in [5.41, 5.74) is 0.980. The van der Waals surface area contributed by atoms with Crippen LogP contribution in [-0.2, 0) is 6.54 Å². The molecule has 0 spiro atoms. The van der Waals surface area contributed by atoms with E-state index >= 15 is 0 Å². The average Bonchev–Trinajstić information content (AvgIpc) is 2.73. The summed E-state index contributed by atoms with van der Waals surface area (Å²) in [5.74, 6) is 3.34. The third kappa shape index (κ3) is 5.99. The topological polar surface area (TPSA) is 73.3 Å². The van der Waals surface area contributed by atoms with Gasteiger partial charge in [0.25, 0.3) is 0 Å². The number of benzene rings is 2. The number of aliphatic imine (C=N–C) groups is 1. The van der Waals surface area contributed by atoms with Gasteiger partial charge in [-0.15, -0.1) is 0 Å². The van der Waals surface area contributed by atoms with Crippen LogP contribution >= 0.6 is 0 Å². The van der Waals surface area contributed by atoms with Crippen LogP contribution in [0.25, 0.3) is 0 Å². The Morgan fingerprint density at radius 1 is 0.926 bits per heavy atom. The first kappa shape index (κ1) is 20.2. The van der Waals surface area contributed by atoms with E-state index in [9.17, 15) is 0 Å². The van der Waals surface area contributed by atoms with Gasteiger partial charge >= 0.3 is 0 Å². The van der Waals surface area contributed by atoms with Crippen LogP contribution in [0, 0.1) is 0 Å². The van der Waals surface area contributed by atoms with Crippen LogP contribution in [0.2, 0.25) is 0 Å². The zero-order chi connectivity index (χ0) is 19.5. The van der Waals surface area contributed by atoms with Gasteiger partial charge in [0.05, 0.1) is 27.9 Å². The SMILES string of the molecule is CN=C(NCCOc1ccccc1)NCc1cc(OC)c(OC)c(OC)c1. The molecule has 2 rings (SSSR count). The Morgan fingerprint density at radius 3 is 2.15 bits per heavy atom. The second kappa shape index (κ2) is 10.8. The van der Waals surface area contributed by atoms with Gasteiger partial charge in [0, 0.05) is 13.6 Å². The Hall–Kier alpha value is -3.09. The fourth-order valence-corrected chi connectivity index (χ4v) is 2.50. The summed E-state index contributed by atoms with van der Waals surface area (Å²) in [5, 5.41) is 6.47. The fourth-order valence-electron chi connectivity index (χ4n) is 2.50. The van der Waals surface area contributed by atoms with E-state index in [0.29, 0.717) is 42.9 Å². The molecule has 0 amide bonds. The predicted octanol–water partition coefficient (Wildman–Crippen LogP) is 2.46. The molecule has 0 atom stereocenters. The highest BCUT2D eigenvalue weighted by molar-refractivity contribution is 5.79. The molecule has 0 unspecified atom stereocenters. The van der Waals surface area contributed by atoms with E-state index in [2.05, 4.69) is 15.6 Å². The van der Waals surface area contributed by atoms with Crippen LogP contribution in [0.15, 0.2) is 47.5 Å². The molecule has 7 nitrogen and oxygen atoms in total. The maximum Gasteiger partial charge on any atom is 0.203 e. The Balaban J connectivity index is 1.86. The number of rotatable bonds is 9. The number of ether oxygens (including phenoxy) is 4. The smallest absolute Gasteiger partial charge is 0.203 e. The van der Waals surface area contributed by atoms with Crippen LogP contribution in [-0.4, -0.2) is 47.5 Å². The standard InChI is InChI=1S/C20H27N3O4/c1-21-20(22-10-11-27-16-8-6-5-7-9-16)23-14-15-12-17(24-2)19(26-4)18(13-15)25-3/h5-9,12-13H,10-11,14H2,1-4H3,(H2,21,22,23). The molecular formula is C20H27N3O4. The first-order valence-corrected chi connectivity index (χ1v) is 8.63. The Labute approximate surface area is 160 Å². The van der Waals surface area contributed by atoms with Gasteiger partial charge in [0.1, 0.15) is 12.4 Å². The summed E-state index contributed by atoms with van der Waals surface area (Å²) in [7, 11) is 6.51. The lowest BCUT2D eigenvalue weighted by Crippen LogP contribution is -2.38. The molecule has 146 valence electrons. The van der Waals surface area contributed by atoms with E-state index in [0.717, 1.165) is 11.3 Å². The molecule has 27 heavy (non-hydrogen) atoms. The quantitative estimate of drug-likeness (QED) is 0.400. The molecule has 0 bridgehead atoms. The van der Waals surface area contributed by atoms with Crippen LogP contribution < -0.4 is 29.6 Å². The van der Waals surface area contributed by atoms with Crippen molar-refractivity contribution in [3.8, 4) is 23.0 Å². The van der Waals surface area contributed by atoms with E-state index in [-0.39, 0.29) is 0 Å². The lowest BCUT2D eigenvalue weighted by Gasteiger charge is -2.16. The highest BCUT2D eigenvalue weighted by atomic mass is 16.5. The molecule has 2 aromatic carbocycles.